The average molecular weight is 995 g/mol. The number of nitrogens with one attached hydrogen (secondary N) is 5. The highest BCUT2D eigenvalue weighted by molar-refractivity contribution is 7.66. The molecule has 3 amide bonds. The molecule has 5 atom stereocenters. The first-order valence-electron chi connectivity index (χ1n) is 20.6. The molecule has 362 valence electrons. The summed E-state index contributed by atoms with van der Waals surface area (Å²) in [4.78, 5) is 102. The lowest BCUT2D eigenvalue weighted by Crippen LogP contribution is -2.36. The van der Waals surface area contributed by atoms with Crippen LogP contribution in [0.25, 0.3) is 28.0 Å². The van der Waals surface area contributed by atoms with Gasteiger partial charge in [-0.15, -0.1) is 0 Å². The van der Waals surface area contributed by atoms with Gasteiger partial charge in [-0.25, -0.2) is 38.2 Å². The number of aromatic nitrogens is 6. The zero-order valence-electron chi connectivity index (χ0n) is 35.7. The fraction of sp³-hybridized carbons (Fsp3) is 0.395. The number of imidazole rings is 1. The number of ether oxygens (including phenoxy) is 1. The number of aromatic amines is 1. The van der Waals surface area contributed by atoms with Gasteiger partial charge < -0.3 is 55.3 Å². The molecule has 2 aromatic carbocycles. The number of hydrogen-bond acceptors (Lipinski definition) is 16. The molecule has 4 heterocycles. The SMILES string of the molecule is Cc1cccc2c(CCCNC(=O)NCCCCn3cnc4c(NCCNC(=O)/C=C/c5cn(C6CC(O)C(COP(=O)(O)OP(=O)(O)OP(=O)(O)O)O6)c(=O)[nH]c5=O)ncnc43)cccc12. The predicted molar refractivity (Wildman–Crippen MR) is 239 cm³/mol. The van der Waals surface area contributed by atoms with E-state index in [1.165, 1.54) is 28.2 Å². The number of carbonyl (C=O) groups excluding carboxylic acids is 2. The molecule has 1 aliphatic heterocycles. The molecule has 10 N–H and O–H groups in total. The number of fused-ring (bicyclic) bond motifs is 2. The Labute approximate surface area is 380 Å². The van der Waals surface area contributed by atoms with Crippen molar-refractivity contribution in [2.24, 2.45) is 0 Å². The minimum absolute atomic E-state index is 0.116. The topological polar surface area (TPSA) is 370 Å². The van der Waals surface area contributed by atoms with Crippen molar-refractivity contribution < 1.29 is 65.8 Å². The van der Waals surface area contributed by atoms with Gasteiger partial charge in [0, 0.05) is 51.4 Å². The number of hydrogen-bond donors (Lipinski definition) is 10. The number of amides is 3. The van der Waals surface area contributed by atoms with E-state index in [4.69, 9.17) is 14.5 Å². The first kappa shape index (κ1) is 50.9. The van der Waals surface area contributed by atoms with Gasteiger partial charge >= 0.3 is 35.2 Å². The molecule has 0 spiro atoms. The standard InChI is InChI=1S/C38H49N10O16P3/c1-24-7-4-11-28-25(8-5-10-27(24)28)9-6-15-42-37(52)41-14-2-3-18-47-23-45-33-34(43-22-44-35(33)47)40-17-16-39-31(50)13-12-26-20-48(38(53)46-36(26)51)32-19-29(49)30(62-32)21-61-66(57,58)64-67(59,60)63-65(54,55)56/h4-5,7-8,10-13,20,22-23,29-30,32,49H,2-3,6,9,14-19,21H2,1H3,(H,39,50)(H,57,58)(H,59,60)(H,40,43,44)(H2,41,42,52)(H,46,51,53)(H2,54,55,56)/b13-12+. The van der Waals surface area contributed by atoms with Crippen molar-refractivity contribution in [1.29, 1.82) is 0 Å². The molecule has 0 saturated carbocycles. The molecule has 0 aliphatic carbocycles. The molecular weight excluding hydrogens is 945 g/mol. The Morgan fingerprint density at radius 2 is 1.66 bits per heavy atom. The van der Waals surface area contributed by atoms with E-state index in [-0.39, 0.29) is 31.1 Å². The molecule has 26 nitrogen and oxygen atoms in total. The van der Waals surface area contributed by atoms with Crippen LogP contribution in [0.3, 0.4) is 0 Å². The van der Waals surface area contributed by atoms with Crippen LogP contribution in [0.15, 0.2) is 70.9 Å². The number of phosphoric ester groups is 1. The Kier molecular flexibility index (Phi) is 17.2. The molecule has 67 heavy (non-hydrogen) atoms. The van der Waals surface area contributed by atoms with Crippen molar-refractivity contribution in [2.75, 3.05) is 38.1 Å². The van der Waals surface area contributed by atoms with Crippen molar-refractivity contribution in [2.45, 2.75) is 64.0 Å². The van der Waals surface area contributed by atoms with Crippen molar-refractivity contribution in [3.63, 3.8) is 0 Å². The van der Waals surface area contributed by atoms with E-state index in [9.17, 15) is 47.8 Å². The molecule has 3 aromatic heterocycles. The van der Waals surface area contributed by atoms with Crippen LogP contribution in [0.1, 0.15) is 48.6 Å². The Morgan fingerprint density at radius 1 is 0.910 bits per heavy atom. The molecule has 0 bridgehead atoms. The highest BCUT2D eigenvalue weighted by Crippen LogP contribution is 2.66. The molecule has 29 heteroatoms. The molecule has 1 aliphatic rings. The highest BCUT2D eigenvalue weighted by atomic mass is 31.3. The predicted octanol–water partition coefficient (Wildman–Crippen LogP) is 2.08. The number of phosphoric acid groups is 3. The smallest absolute Gasteiger partial charge is 0.390 e. The quantitative estimate of drug-likeness (QED) is 0.0254. The number of aliphatic hydroxyl groups is 1. The normalized spacial score (nSPS) is 18.2. The molecule has 6 rings (SSSR count). The van der Waals surface area contributed by atoms with Crippen LogP contribution in [-0.4, -0.2) is 111 Å². The van der Waals surface area contributed by atoms with Crippen LogP contribution in [0.4, 0.5) is 10.6 Å². The van der Waals surface area contributed by atoms with Crippen molar-refractivity contribution in [3.05, 3.63) is 98.9 Å². The van der Waals surface area contributed by atoms with Gasteiger partial charge in [0.25, 0.3) is 5.56 Å². The van der Waals surface area contributed by atoms with Crippen molar-refractivity contribution in [1.82, 2.24) is 45.0 Å². The third-order valence-corrected chi connectivity index (χ3v) is 13.9. The third-order valence-electron chi connectivity index (χ3n) is 10.1. The van der Waals surface area contributed by atoms with E-state index in [0.29, 0.717) is 36.6 Å². The maximum Gasteiger partial charge on any atom is 0.490 e. The largest absolute Gasteiger partial charge is 0.490 e. The number of H-pyrrole nitrogens is 1. The maximum absolute atomic E-state index is 12.6. The second-order valence-electron chi connectivity index (χ2n) is 15.0. The van der Waals surface area contributed by atoms with Crippen LogP contribution in [0.2, 0.25) is 0 Å². The van der Waals surface area contributed by atoms with Gasteiger partial charge in [-0.3, -0.25) is 23.7 Å². The molecular formula is C38H49N10O16P3. The molecule has 5 unspecified atom stereocenters. The van der Waals surface area contributed by atoms with E-state index in [1.54, 1.807) is 6.33 Å². The van der Waals surface area contributed by atoms with Crippen molar-refractivity contribution in [3.8, 4) is 0 Å². The monoisotopic (exact) mass is 994 g/mol. The number of urea groups is 1. The molecule has 0 radical (unpaired) electrons. The van der Waals surface area contributed by atoms with Crippen LogP contribution >= 0.6 is 23.5 Å². The fourth-order valence-electron chi connectivity index (χ4n) is 7.01. The number of anilines is 1. The van der Waals surface area contributed by atoms with E-state index >= 15 is 0 Å². The summed E-state index contributed by atoms with van der Waals surface area (Å²) in [5, 5.41) is 24.5. The second kappa shape index (κ2) is 22.6. The lowest BCUT2D eigenvalue weighted by molar-refractivity contribution is -0.116. The Hall–Kier alpha value is -5.46. The first-order valence-corrected chi connectivity index (χ1v) is 25.1. The van der Waals surface area contributed by atoms with Crippen LogP contribution in [0.5, 0.6) is 0 Å². The van der Waals surface area contributed by atoms with E-state index in [0.717, 1.165) is 48.6 Å². The van der Waals surface area contributed by atoms with Gasteiger partial charge in [0.15, 0.2) is 11.5 Å². The van der Waals surface area contributed by atoms with Gasteiger partial charge in [0.1, 0.15) is 24.2 Å². The molecule has 1 saturated heterocycles. The Morgan fingerprint density at radius 3 is 2.43 bits per heavy atom. The number of carbonyl (C=O) groups is 2. The van der Waals surface area contributed by atoms with Crippen LogP contribution in [-0.2, 0) is 49.3 Å². The average Bonchev–Trinajstić information content (AvgIpc) is 3.84. The first-order chi connectivity index (χ1) is 31.8. The number of rotatable bonds is 23. The number of aliphatic hydroxyl groups excluding tert-OH is 1. The molecule has 1 fully saturated rings. The zero-order chi connectivity index (χ0) is 48.4. The summed E-state index contributed by atoms with van der Waals surface area (Å²) < 4.78 is 54.5. The van der Waals surface area contributed by atoms with Gasteiger partial charge in [-0.1, -0.05) is 36.4 Å². The van der Waals surface area contributed by atoms with Gasteiger partial charge in [0.2, 0.25) is 5.91 Å². The second-order valence-corrected chi connectivity index (χ2v) is 19.5. The number of benzene rings is 2. The van der Waals surface area contributed by atoms with Gasteiger partial charge in [-0.05, 0) is 60.6 Å². The summed E-state index contributed by atoms with van der Waals surface area (Å²) in [7, 11) is -16.9. The Bertz CT molecular complexity index is 2870. The summed E-state index contributed by atoms with van der Waals surface area (Å²) in [6.07, 6.45) is 4.87. The van der Waals surface area contributed by atoms with E-state index in [1.807, 2.05) is 9.55 Å². The third kappa shape index (κ3) is 14.8. The number of nitrogens with zero attached hydrogens (tertiary/aromatic N) is 5. The number of aryl methyl sites for hydroxylation is 3. The van der Waals surface area contributed by atoms with Gasteiger partial charge in [-0.2, -0.15) is 8.62 Å². The van der Waals surface area contributed by atoms with Crippen LogP contribution < -0.4 is 32.5 Å². The lowest BCUT2D eigenvalue weighted by atomic mass is 9.98. The summed E-state index contributed by atoms with van der Waals surface area (Å²) in [6, 6.07) is 12.4. The van der Waals surface area contributed by atoms with E-state index in [2.05, 4.69) is 92.7 Å². The summed E-state index contributed by atoms with van der Waals surface area (Å²) in [5.41, 5.74) is 1.60. The van der Waals surface area contributed by atoms with Gasteiger partial charge in [0.05, 0.1) is 24.6 Å². The zero-order valence-corrected chi connectivity index (χ0v) is 38.3. The lowest BCUT2D eigenvalue weighted by Gasteiger charge is -2.19. The molecule has 5 aromatic rings. The van der Waals surface area contributed by atoms with E-state index < -0.39 is 65.7 Å². The van der Waals surface area contributed by atoms with Crippen LogP contribution in [0, 0.1) is 6.92 Å². The Balaban J connectivity index is 0.895. The minimum Gasteiger partial charge on any atom is -0.390 e. The minimum atomic E-state index is -5.79. The fourth-order valence-corrected chi connectivity index (χ4v) is 10.0. The van der Waals surface area contributed by atoms with Crippen molar-refractivity contribution >= 4 is 69.2 Å². The summed E-state index contributed by atoms with van der Waals surface area (Å²) in [5.74, 6) is -0.166. The summed E-state index contributed by atoms with van der Waals surface area (Å²) in [6.45, 7) is 3.11. The maximum atomic E-state index is 12.6. The highest BCUT2D eigenvalue weighted by Gasteiger charge is 2.43. The number of unbranched alkanes of at least 4 members (excludes halogenated alkanes) is 1. The summed E-state index contributed by atoms with van der Waals surface area (Å²) >= 11 is 0.